The number of carbonyl (C=O) groups excluding carboxylic acids is 3. The van der Waals surface area contributed by atoms with Crippen molar-refractivity contribution < 1.29 is 23.5 Å². The number of carbonyl (C=O) groups is 3. The monoisotopic (exact) mass is 461 g/mol. The smallest absolute Gasteiger partial charge is 0.263 e. The lowest BCUT2D eigenvalue weighted by molar-refractivity contribution is -0.124. The number of thiophene rings is 1. The Morgan fingerprint density at radius 2 is 1.94 bits per heavy atom. The fourth-order valence-electron chi connectivity index (χ4n) is 3.79. The quantitative estimate of drug-likeness (QED) is 0.562. The second-order valence-corrected chi connectivity index (χ2v) is 8.62. The van der Waals surface area contributed by atoms with E-state index in [4.69, 9.17) is 4.74 Å². The number of rotatable bonds is 9. The molecule has 1 aliphatic heterocycles. The minimum atomic E-state index is -0.816. The summed E-state index contributed by atoms with van der Waals surface area (Å²) in [5.41, 5.74) is -0.102. The van der Waals surface area contributed by atoms with Gasteiger partial charge in [-0.15, -0.1) is 11.3 Å². The molecular formula is C23H28FN3O4S. The van der Waals surface area contributed by atoms with Gasteiger partial charge < -0.3 is 20.3 Å². The molecule has 172 valence electrons. The van der Waals surface area contributed by atoms with E-state index in [1.54, 1.807) is 24.1 Å². The van der Waals surface area contributed by atoms with Gasteiger partial charge in [-0.2, -0.15) is 0 Å². The molecule has 1 fully saturated rings. The molecule has 1 atom stereocenters. The Morgan fingerprint density at radius 1 is 1.19 bits per heavy atom. The lowest BCUT2D eigenvalue weighted by Gasteiger charge is -2.35. The highest BCUT2D eigenvalue weighted by Gasteiger charge is 2.34. The van der Waals surface area contributed by atoms with Gasteiger partial charge in [0.2, 0.25) is 5.91 Å². The van der Waals surface area contributed by atoms with E-state index in [9.17, 15) is 18.8 Å². The van der Waals surface area contributed by atoms with Crippen molar-refractivity contribution in [3.63, 3.8) is 0 Å². The lowest BCUT2D eigenvalue weighted by Crippen LogP contribution is -2.54. The van der Waals surface area contributed by atoms with E-state index >= 15 is 0 Å². The Labute approximate surface area is 190 Å². The van der Waals surface area contributed by atoms with Crippen LogP contribution >= 0.6 is 11.3 Å². The molecule has 1 saturated heterocycles. The zero-order valence-corrected chi connectivity index (χ0v) is 18.8. The Morgan fingerprint density at radius 3 is 2.59 bits per heavy atom. The van der Waals surface area contributed by atoms with Gasteiger partial charge in [0.05, 0.1) is 10.4 Å². The first kappa shape index (κ1) is 23.9. The zero-order valence-electron chi connectivity index (χ0n) is 18.0. The Kier molecular flexibility index (Phi) is 8.75. The summed E-state index contributed by atoms with van der Waals surface area (Å²) in [7, 11) is 1.59. The van der Waals surface area contributed by atoms with E-state index in [1.165, 1.54) is 29.5 Å². The predicted molar refractivity (Wildman–Crippen MR) is 120 cm³/mol. The predicted octanol–water partition coefficient (Wildman–Crippen LogP) is 2.69. The maximum Gasteiger partial charge on any atom is 0.263 e. The normalized spacial score (nSPS) is 15.2. The van der Waals surface area contributed by atoms with Gasteiger partial charge in [-0.3, -0.25) is 14.4 Å². The second kappa shape index (κ2) is 11.7. The molecule has 0 spiro atoms. The van der Waals surface area contributed by atoms with Crippen molar-refractivity contribution in [2.24, 2.45) is 5.92 Å². The third-order valence-electron chi connectivity index (χ3n) is 5.54. The number of halogens is 1. The maximum atomic E-state index is 14.1. The van der Waals surface area contributed by atoms with Gasteiger partial charge in [-0.1, -0.05) is 18.2 Å². The maximum absolute atomic E-state index is 14.1. The van der Waals surface area contributed by atoms with Crippen LogP contribution in [0.3, 0.4) is 0 Å². The van der Waals surface area contributed by atoms with Crippen molar-refractivity contribution in [1.29, 1.82) is 0 Å². The fraction of sp³-hybridized carbons (Fsp3) is 0.435. The number of nitrogens with one attached hydrogen (secondary N) is 2. The molecule has 3 rings (SSSR count). The van der Waals surface area contributed by atoms with Crippen molar-refractivity contribution in [3.05, 3.63) is 58.0 Å². The van der Waals surface area contributed by atoms with Crippen LogP contribution < -0.4 is 10.6 Å². The largest absolute Gasteiger partial charge is 0.385 e. The minimum Gasteiger partial charge on any atom is -0.385 e. The SMILES string of the molecule is COCCCNC(=O)C(NC(=O)c1ccccc1F)C1CCN(C(=O)c2cccs2)CC1. The summed E-state index contributed by atoms with van der Waals surface area (Å²) in [5.74, 6) is -1.76. The van der Waals surface area contributed by atoms with Gasteiger partial charge in [0, 0.05) is 33.4 Å². The molecule has 0 bridgehead atoms. The van der Waals surface area contributed by atoms with E-state index in [1.807, 2.05) is 11.4 Å². The molecule has 9 heteroatoms. The van der Waals surface area contributed by atoms with Gasteiger partial charge in [-0.25, -0.2) is 4.39 Å². The number of likely N-dealkylation sites (tertiary alicyclic amines) is 1. The number of hydrogen-bond donors (Lipinski definition) is 2. The lowest BCUT2D eigenvalue weighted by atomic mass is 9.88. The summed E-state index contributed by atoms with van der Waals surface area (Å²) in [6.45, 7) is 1.90. The number of nitrogens with zero attached hydrogens (tertiary/aromatic N) is 1. The van der Waals surface area contributed by atoms with Crippen LogP contribution in [0.5, 0.6) is 0 Å². The van der Waals surface area contributed by atoms with Gasteiger partial charge in [0.1, 0.15) is 11.9 Å². The minimum absolute atomic E-state index is 0.0191. The average molecular weight is 462 g/mol. The van der Waals surface area contributed by atoms with Crippen LogP contribution in [0.15, 0.2) is 41.8 Å². The second-order valence-electron chi connectivity index (χ2n) is 7.68. The van der Waals surface area contributed by atoms with Crippen molar-refractivity contribution in [3.8, 4) is 0 Å². The Bertz CT molecular complexity index is 914. The number of methoxy groups -OCH3 is 1. The van der Waals surface area contributed by atoms with Crippen LogP contribution in [0.1, 0.15) is 39.3 Å². The molecule has 2 N–H and O–H groups in total. The topological polar surface area (TPSA) is 87.7 Å². The van der Waals surface area contributed by atoms with Crippen molar-refractivity contribution in [1.82, 2.24) is 15.5 Å². The highest BCUT2D eigenvalue weighted by molar-refractivity contribution is 7.12. The highest BCUT2D eigenvalue weighted by Crippen LogP contribution is 2.24. The van der Waals surface area contributed by atoms with Crippen LogP contribution in [0.4, 0.5) is 4.39 Å². The molecule has 3 amide bonds. The first-order valence-corrected chi connectivity index (χ1v) is 11.5. The number of piperidine rings is 1. The van der Waals surface area contributed by atoms with Crippen molar-refractivity contribution in [2.75, 3.05) is 33.4 Å². The van der Waals surface area contributed by atoms with Gasteiger partial charge in [-0.05, 0) is 48.8 Å². The average Bonchev–Trinajstić information content (AvgIpc) is 3.35. The molecule has 32 heavy (non-hydrogen) atoms. The zero-order chi connectivity index (χ0) is 22.9. The van der Waals surface area contributed by atoms with E-state index in [0.717, 1.165) is 0 Å². The summed E-state index contributed by atoms with van der Waals surface area (Å²) in [6.07, 6.45) is 1.76. The number of benzene rings is 1. The molecular weight excluding hydrogens is 433 g/mol. The van der Waals surface area contributed by atoms with E-state index < -0.39 is 17.8 Å². The summed E-state index contributed by atoms with van der Waals surface area (Å²) >= 11 is 1.40. The third-order valence-corrected chi connectivity index (χ3v) is 6.40. The van der Waals surface area contributed by atoms with Crippen molar-refractivity contribution >= 4 is 29.1 Å². The molecule has 1 aromatic heterocycles. The molecule has 1 unspecified atom stereocenters. The number of ether oxygens (including phenoxy) is 1. The molecule has 2 aromatic rings. The summed E-state index contributed by atoms with van der Waals surface area (Å²) < 4.78 is 19.1. The van der Waals surface area contributed by atoms with Crippen LogP contribution in [0, 0.1) is 11.7 Å². The van der Waals surface area contributed by atoms with Crippen LogP contribution in [0.2, 0.25) is 0 Å². The van der Waals surface area contributed by atoms with Crippen LogP contribution in [-0.4, -0.2) is 62.0 Å². The first-order valence-electron chi connectivity index (χ1n) is 10.7. The van der Waals surface area contributed by atoms with E-state index in [-0.39, 0.29) is 23.3 Å². The van der Waals surface area contributed by atoms with Gasteiger partial charge in [0.25, 0.3) is 11.8 Å². The third kappa shape index (κ3) is 6.14. The summed E-state index contributed by atoms with van der Waals surface area (Å²) in [4.78, 5) is 40.7. The summed E-state index contributed by atoms with van der Waals surface area (Å²) in [5, 5.41) is 7.43. The van der Waals surface area contributed by atoms with Gasteiger partial charge in [0.15, 0.2) is 0 Å². The molecule has 2 heterocycles. The van der Waals surface area contributed by atoms with Crippen molar-refractivity contribution in [2.45, 2.75) is 25.3 Å². The molecule has 1 aromatic carbocycles. The van der Waals surface area contributed by atoms with E-state index in [2.05, 4.69) is 10.6 Å². The Hall–Kier alpha value is -2.78. The molecule has 1 aliphatic rings. The summed E-state index contributed by atoms with van der Waals surface area (Å²) in [6, 6.07) is 8.50. The van der Waals surface area contributed by atoms with Crippen LogP contribution in [-0.2, 0) is 9.53 Å². The number of hydrogen-bond acceptors (Lipinski definition) is 5. The van der Waals surface area contributed by atoms with E-state index in [0.29, 0.717) is 50.4 Å². The Balaban J connectivity index is 1.66. The molecule has 7 nitrogen and oxygen atoms in total. The van der Waals surface area contributed by atoms with Crippen LogP contribution in [0.25, 0.3) is 0 Å². The molecule has 0 saturated carbocycles. The van der Waals surface area contributed by atoms with Gasteiger partial charge >= 0.3 is 0 Å². The standard InChI is InChI=1S/C23H28FN3O4S/c1-31-14-5-11-25-22(29)20(26-21(28)17-6-2-3-7-18(17)24)16-9-12-27(13-10-16)23(30)19-8-4-15-32-19/h2-4,6-8,15-16,20H,5,9-14H2,1H3,(H,25,29)(H,26,28). The number of amides is 3. The molecule has 0 radical (unpaired) electrons. The fourth-order valence-corrected chi connectivity index (χ4v) is 4.48. The highest BCUT2D eigenvalue weighted by atomic mass is 32.1. The molecule has 0 aliphatic carbocycles. The first-order chi connectivity index (χ1) is 15.5.